The molecule has 0 amide bonds. The Balaban J connectivity index is 3.12. The van der Waals surface area contributed by atoms with Gasteiger partial charge in [-0.2, -0.15) is 0 Å². The predicted octanol–water partition coefficient (Wildman–Crippen LogP) is 3.34. The minimum Gasteiger partial charge on any atom is -0.371 e. The van der Waals surface area contributed by atoms with Crippen molar-refractivity contribution in [3.63, 3.8) is 0 Å². The first-order chi connectivity index (χ1) is 7.49. The van der Waals surface area contributed by atoms with E-state index in [4.69, 9.17) is 4.74 Å². The molecular weight excluding hydrogens is 282 g/mol. The molecule has 5 heteroatoms. The average Bonchev–Trinajstić information content (AvgIpc) is 2.24. The van der Waals surface area contributed by atoms with Crippen LogP contribution in [-0.2, 0) is 4.74 Å². The van der Waals surface area contributed by atoms with Crippen LogP contribution in [0.2, 0.25) is 0 Å². The topological polar surface area (TPSA) is 26.3 Å². The number of Topliss-reactive ketones (excluding diaryl/α,β-unsaturated/α-hetero) is 1. The highest BCUT2D eigenvalue weighted by atomic mass is 79.9. The predicted molar refractivity (Wildman–Crippen MR) is 59.5 cm³/mol. The Bertz CT molecular complexity index is 407. The molecule has 0 saturated carbocycles. The lowest BCUT2D eigenvalue weighted by Gasteiger charge is -2.12. The van der Waals surface area contributed by atoms with E-state index in [1.54, 1.807) is 6.92 Å². The van der Waals surface area contributed by atoms with Gasteiger partial charge in [-0.3, -0.25) is 4.79 Å². The molecule has 0 spiro atoms. The van der Waals surface area contributed by atoms with Crippen molar-refractivity contribution < 1.29 is 18.3 Å². The van der Waals surface area contributed by atoms with Gasteiger partial charge in [0.2, 0.25) is 0 Å². The van der Waals surface area contributed by atoms with Crippen molar-refractivity contribution in [1.82, 2.24) is 0 Å². The van der Waals surface area contributed by atoms with E-state index in [2.05, 4.69) is 15.9 Å². The third-order valence-corrected chi connectivity index (χ3v) is 2.69. The molecule has 1 aromatic rings. The minimum atomic E-state index is -0.892. The van der Waals surface area contributed by atoms with Crippen LogP contribution >= 0.6 is 15.9 Å². The number of ketones is 1. The largest absolute Gasteiger partial charge is 0.371 e. The number of hydrogen-bond acceptors (Lipinski definition) is 2. The zero-order valence-electron chi connectivity index (χ0n) is 8.89. The van der Waals surface area contributed by atoms with Crippen LogP contribution in [0.4, 0.5) is 8.78 Å². The van der Waals surface area contributed by atoms with Crippen LogP contribution in [0, 0.1) is 11.6 Å². The van der Waals surface area contributed by atoms with Gasteiger partial charge in [-0.05, 0) is 41.9 Å². The van der Waals surface area contributed by atoms with Gasteiger partial charge in [0.15, 0.2) is 11.6 Å². The van der Waals surface area contributed by atoms with E-state index in [-0.39, 0.29) is 4.47 Å². The summed E-state index contributed by atoms with van der Waals surface area (Å²) in [6.45, 7) is 3.48. The SMILES string of the molecule is CCOC(C)C(=O)c1c(F)ccc(Br)c1F. The van der Waals surface area contributed by atoms with Crippen molar-refractivity contribution in [3.8, 4) is 0 Å². The fraction of sp³-hybridized carbons (Fsp3) is 0.364. The summed E-state index contributed by atoms with van der Waals surface area (Å²) in [6, 6.07) is 2.26. The maximum Gasteiger partial charge on any atom is 0.197 e. The molecule has 1 unspecified atom stereocenters. The zero-order chi connectivity index (χ0) is 12.3. The quantitative estimate of drug-likeness (QED) is 0.628. The molecule has 0 radical (unpaired) electrons. The van der Waals surface area contributed by atoms with Crippen molar-refractivity contribution >= 4 is 21.7 Å². The molecule has 1 aromatic carbocycles. The van der Waals surface area contributed by atoms with Crippen molar-refractivity contribution in [1.29, 1.82) is 0 Å². The van der Waals surface area contributed by atoms with Crippen LogP contribution < -0.4 is 0 Å². The van der Waals surface area contributed by atoms with Gasteiger partial charge in [-0.1, -0.05) is 0 Å². The first kappa shape index (κ1) is 13.3. The van der Waals surface area contributed by atoms with Crippen LogP contribution in [-0.4, -0.2) is 18.5 Å². The molecule has 0 saturated heterocycles. The molecule has 88 valence electrons. The standard InChI is InChI=1S/C11H11BrF2O2/c1-3-16-6(2)11(15)9-8(13)5-4-7(12)10(9)14/h4-6H,3H2,1-2H3. The van der Waals surface area contributed by atoms with Crippen molar-refractivity contribution in [2.75, 3.05) is 6.61 Å². The van der Waals surface area contributed by atoms with E-state index in [9.17, 15) is 13.6 Å². The summed E-state index contributed by atoms with van der Waals surface area (Å²) in [4.78, 5) is 11.7. The van der Waals surface area contributed by atoms with Gasteiger partial charge in [0.05, 0.1) is 10.0 Å². The Morgan fingerprint density at radius 1 is 1.50 bits per heavy atom. The minimum absolute atomic E-state index is 0.0564. The Morgan fingerprint density at radius 3 is 2.69 bits per heavy atom. The highest BCUT2D eigenvalue weighted by Gasteiger charge is 2.24. The Hall–Kier alpha value is -0.810. The maximum atomic E-state index is 13.6. The van der Waals surface area contributed by atoms with Crippen molar-refractivity contribution in [2.24, 2.45) is 0 Å². The Morgan fingerprint density at radius 2 is 2.12 bits per heavy atom. The van der Waals surface area contributed by atoms with Crippen LogP contribution in [0.15, 0.2) is 16.6 Å². The molecule has 0 heterocycles. The summed E-state index contributed by atoms with van der Waals surface area (Å²) in [5.41, 5.74) is -0.560. The van der Waals surface area contributed by atoms with Crippen LogP contribution in [0.25, 0.3) is 0 Å². The molecule has 1 rings (SSSR count). The fourth-order valence-corrected chi connectivity index (χ4v) is 1.61. The van der Waals surface area contributed by atoms with Crippen LogP contribution in [0.3, 0.4) is 0 Å². The summed E-state index contributed by atoms with van der Waals surface area (Å²) in [6.07, 6.45) is -0.858. The lowest BCUT2D eigenvalue weighted by Crippen LogP contribution is -2.23. The molecule has 0 aliphatic carbocycles. The normalized spacial score (nSPS) is 12.6. The summed E-state index contributed by atoms with van der Waals surface area (Å²) in [7, 11) is 0. The van der Waals surface area contributed by atoms with Gasteiger partial charge >= 0.3 is 0 Å². The van der Waals surface area contributed by atoms with Crippen molar-refractivity contribution in [2.45, 2.75) is 20.0 Å². The van der Waals surface area contributed by atoms with Crippen LogP contribution in [0.1, 0.15) is 24.2 Å². The lowest BCUT2D eigenvalue weighted by molar-refractivity contribution is 0.0512. The highest BCUT2D eigenvalue weighted by Crippen LogP contribution is 2.23. The van der Waals surface area contributed by atoms with Gasteiger partial charge in [-0.15, -0.1) is 0 Å². The fourth-order valence-electron chi connectivity index (χ4n) is 1.28. The van der Waals surface area contributed by atoms with Gasteiger partial charge in [0.1, 0.15) is 11.9 Å². The highest BCUT2D eigenvalue weighted by molar-refractivity contribution is 9.10. The number of benzene rings is 1. The summed E-state index contributed by atoms with van der Waals surface area (Å²) >= 11 is 2.90. The van der Waals surface area contributed by atoms with Gasteiger partial charge in [0, 0.05) is 6.61 Å². The maximum absolute atomic E-state index is 13.6. The number of hydrogen-bond donors (Lipinski definition) is 0. The van der Waals surface area contributed by atoms with Crippen LogP contribution in [0.5, 0.6) is 0 Å². The van der Waals surface area contributed by atoms with Gasteiger partial charge < -0.3 is 4.74 Å². The van der Waals surface area contributed by atoms with E-state index in [1.165, 1.54) is 13.0 Å². The molecule has 2 nitrogen and oxygen atoms in total. The Kier molecular flexibility index (Phi) is 4.56. The van der Waals surface area contributed by atoms with E-state index >= 15 is 0 Å². The summed E-state index contributed by atoms with van der Waals surface area (Å²) in [5.74, 6) is -2.47. The van der Waals surface area contributed by atoms with E-state index in [0.717, 1.165) is 6.07 Å². The van der Waals surface area contributed by atoms with E-state index in [1.807, 2.05) is 0 Å². The molecule has 0 aliphatic rings. The molecule has 0 bridgehead atoms. The summed E-state index contributed by atoms with van der Waals surface area (Å²) in [5, 5.41) is 0. The van der Waals surface area contributed by atoms with Gasteiger partial charge in [-0.25, -0.2) is 8.78 Å². The van der Waals surface area contributed by atoms with Crippen molar-refractivity contribution in [3.05, 3.63) is 33.8 Å². The second kappa shape index (κ2) is 5.50. The number of ether oxygens (including phenoxy) is 1. The summed E-state index contributed by atoms with van der Waals surface area (Å²) < 4.78 is 32.0. The first-order valence-corrected chi connectivity index (χ1v) is 5.57. The molecule has 1 atom stereocenters. The van der Waals surface area contributed by atoms with E-state index in [0.29, 0.717) is 6.61 Å². The number of halogens is 3. The smallest absolute Gasteiger partial charge is 0.197 e. The second-order valence-electron chi connectivity index (χ2n) is 3.18. The number of carbonyl (C=O) groups is 1. The number of carbonyl (C=O) groups excluding carboxylic acids is 1. The number of rotatable bonds is 4. The average molecular weight is 293 g/mol. The molecule has 0 aromatic heterocycles. The molecule has 16 heavy (non-hydrogen) atoms. The molecule has 0 aliphatic heterocycles. The molecule has 0 N–H and O–H groups in total. The van der Waals surface area contributed by atoms with E-state index < -0.39 is 29.1 Å². The van der Waals surface area contributed by atoms with Gasteiger partial charge in [0.25, 0.3) is 0 Å². The third-order valence-electron chi connectivity index (χ3n) is 2.08. The second-order valence-corrected chi connectivity index (χ2v) is 4.03. The third kappa shape index (κ3) is 2.65. The molecular formula is C11H11BrF2O2. The molecule has 0 fully saturated rings. The Labute approximate surface area is 101 Å². The zero-order valence-corrected chi connectivity index (χ0v) is 10.5. The lowest BCUT2D eigenvalue weighted by atomic mass is 10.1. The first-order valence-electron chi connectivity index (χ1n) is 4.78. The monoisotopic (exact) mass is 292 g/mol.